The zero-order chi connectivity index (χ0) is 20.5. The average Bonchev–Trinajstić information content (AvgIpc) is 3.31. The summed E-state index contributed by atoms with van der Waals surface area (Å²) in [6, 6.07) is 12.6. The van der Waals surface area contributed by atoms with Gasteiger partial charge in [-0.25, -0.2) is 9.78 Å². The molecule has 0 radical (unpaired) electrons. The highest BCUT2D eigenvalue weighted by atomic mass is 32.1. The Kier molecular flexibility index (Phi) is 4.98. The van der Waals surface area contributed by atoms with Gasteiger partial charge < -0.3 is 4.74 Å². The molecule has 0 aliphatic carbocycles. The molecule has 0 bridgehead atoms. The van der Waals surface area contributed by atoms with Crippen LogP contribution in [-0.2, 0) is 17.8 Å². The van der Waals surface area contributed by atoms with Crippen LogP contribution < -0.4 is 0 Å². The first-order valence-electron chi connectivity index (χ1n) is 9.15. The zero-order valence-electron chi connectivity index (χ0n) is 16.0. The van der Waals surface area contributed by atoms with E-state index in [-0.39, 0.29) is 23.6 Å². The summed E-state index contributed by atoms with van der Waals surface area (Å²) in [6.07, 6.45) is 0.984. The fourth-order valence-corrected chi connectivity index (χ4v) is 3.91. The van der Waals surface area contributed by atoms with E-state index < -0.39 is 11.9 Å². The molecule has 0 unspecified atom stereocenters. The van der Waals surface area contributed by atoms with Gasteiger partial charge in [0.1, 0.15) is 11.6 Å². The number of ether oxygens (including phenoxy) is 1. The first kappa shape index (κ1) is 19.0. The van der Waals surface area contributed by atoms with Crippen molar-refractivity contribution in [2.75, 3.05) is 7.05 Å². The molecule has 3 aromatic rings. The summed E-state index contributed by atoms with van der Waals surface area (Å²) < 4.78 is 5.34. The van der Waals surface area contributed by atoms with Crippen molar-refractivity contribution in [3.05, 3.63) is 75.8 Å². The first-order valence-corrected chi connectivity index (χ1v) is 10.0. The topological polar surface area (TPSA) is 76.6 Å². The molecule has 2 amide bonds. The van der Waals surface area contributed by atoms with E-state index in [2.05, 4.69) is 24.0 Å². The number of hydrogen-bond donors (Lipinski definition) is 0. The normalized spacial score (nSPS) is 13.0. The van der Waals surface area contributed by atoms with E-state index in [1.807, 2.05) is 17.5 Å². The minimum atomic E-state index is -0.565. The van der Waals surface area contributed by atoms with E-state index in [0.29, 0.717) is 11.3 Å². The Morgan fingerprint density at radius 3 is 2.52 bits per heavy atom. The lowest BCUT2D eigenvalue weighted by Crippen LogP contribution is -2.24. The Bertz CT molecular complexity index is 1120. The SMILES string of the molecule is CCc1ccc(-c2nc(COC(=O)c3ccc4c(c3)C(=O)N(C)C4=O)cs2)cc1. The van der Waals surface area contributed by atoms with Crippen molar-refractivity contribution < 1.29 is 19.1 Å². The molecule has 0 atom stereocenters. The summed E-state index contributed by atoms with van der Waals surface area (Å²) in [6.45, 7) is 2.14. The minimum Gasteiger partial charge on any atom is -0.456 e. The van der Waals surface area contributed by atoms with Crippen LogP contribution in [0.25, 0.3) is 10.6 Å². The highest BCUT2D eigenvalue weighted by Crippen LogP contribution is 2.25. The van der Waals surface area contributed by atoms with Crippen molar-refractivity contribution in [1.82, 2.24) is 9.88 Å². The molecule has 1 aliphatic rings. The fraction of sp³-hybridized carbons (Fsp3) is 0.182. The number of hydrogen-bond acceptors (Lipinski definition) is 6. The molecule has 2 heterocycles. The second-order valence-corrected chi connectivity index (χ2v) is 7.56. The Hall–Kier alpha value is -3.32. The van der Waals surface area contributed by atoms with Gasteiger partial charge in [-0.15, -0.1) is 11.3 Å². The molecule has 7 heteroatoms. The van der Waals surface area contributed by atoms with Gasteiger partial charge in [-0.3, -0.25) is 14.5 Å². The number of fused-ring (bicyclic) bond motifs is 1. The van der Waals surface area contributed by atoms with Gasteiger partial charge in [0.15, 0.2) is 0 Å². The molecule has 29 heavy (non-hydrogen) atoms. The van der Waals surface area contributed by atoms with Gasteiger partial charge in [0, 0.05) is 18.0 Å². The second kappa shape index (κ2) is 7.60. The van der Waals surface area contributed by atoms with E-state index >= 15 is 0 Å². The van der Waals surface area contributed by atoms with Gasteiger partial charge in [-0.2, -0.15) is 0 Å². The summed E-state index contributed by atoms with van der Waals surface area (Å²) in [5, 5.41) is 2.72. The predicted molar refractivity (Wildman–Crippen MR) is 109 cm³/mol. The van der Waals surface area contributed by atoms with E-state index in [0.717, 1.165) is 21.9 Å². The number of amides is 2. The summed E-state index contributed by atoms with van der Waals surface area (Å²) in [4.78, 5) is 42.0. The Balaban J connectivity index is 1.44. The van der Waals surface area contributed by atoms with Crippen LogP contribution in [0.3, 0.4) is 0 Å². The maximum absolute atomic E-state index is 12.4. The van der Waals surface area contributed by atoms with Crippen molar-refractivity contribution >= 4 is 29.1 Å². The van der Waals surface area contributed by atoms with Crippen LogP contribution in [0, 0.1) is 0 Å². The molecule has 0 spiro atoms. The summed E-state index contributed by atoms with van der Waals surface area (Å²) >= 11 is 1.49. The molecule has 6 nitrogen and oxygen atoms in total. The second-order valence-electron chi connectivity index (χ2n) is 6.70. The Labute approximate surface area is 171 Å². The molecule has 0 saturated heterocycles. The molecular formula is C22H18N2O4S. The van der Waals surface area contributed by atoms with Crippen molar-refractivity contribution in [2.45, 2.75) is 20.0 Å². The number of carbonyl (C=O) groups excluding carboxylic acids is 3. The number of aromatic nitrogens is 1. The van der Waals surface area contributed by atoms with Crippen LogP contribution in [0.5, 0.6) is 0 Å². The highest BCUT2D eigenvalue weighted by Gasteiger charge is 2.33. The predicted octanol–water partition coefficient (Wildman–Crippen LogP) is 3.96. The van der Waals surface area contributed by atoms with Crippen LogP contribution in [0.2, 0.25) is 0 Å². The highest BCUT2D eigenvalue weighted by molar-refractivity contribution is 7.13. The van der Waals surface area contributed by atoms with Crippen molar-refractivity contribution in [3.63, 3.8) is 0 Å². The molecule has 0 fully saturated rings. The number of thiazole rings is 1. The molecule has 146 valence electrons. The lowest BCUT2D eigenvalue weighted by Gasteiger charge is -2.04. The lowest BCUT2D eigenvalue weighted by molar-refractivity contribution is 0.0468. The lowest BCUT2D eigenvalue weighted by atomic mass is 10.1. The number of imide groups is 1. The minimum absolute atomic E-state index is 0.0340. The summed E-state index contributed by atoms with van der Waals surface area (Å²) in [5.74, 6) is -1.35. The third kappa shape index (κ3) is 3.56. The van der Waals surface area contributed by atoms with Gasteiger partial charge in [0.05, 0.1) is 22.4 Å². The summed E-state index contributed by atoms with van der Waals surface area (Å²) in [7, 11) is 1.41. The molecule has 0 saturated carbocycles. The Morgan fingerprint density at radius 1 is 1.07 bits per heavy atom. The third-order valence-electron chi connectivity index (χ3n) is 4.84. The van der Waals surface area contributed by atoms with E-state index in [9.17, 15) is 14.4 Å². The van der Waals surface area contributed by atoms with Crippen molar-refractivity contribution in [3.8, 4) is 10.6 Å². The summed E-state index contributed by atoms with van der Waals surface area (Å²) in [5.41, 5.74) is 3.69. The van der Waals surface area contributed by atoms with E-state index in [1.165, 1.54) is 42.1 Å². The zero-order valence-corrected chi connectivity index (χ0v) is 16.8. The maximum Gasteiger partial charge on any atom is 0.338 e. The van der Waals surface area contributed by atoms with E-state index in [1.54, 1.807) is 0 Å². The molecule has 1 aliphatic heterocycles. The van der Waals surface area contributed by atoms with Crippen molar-refractivity contribution in [1.29, 1.82) is 0 Å². The van der Waals surface area contributed by atoms with Crippen molar-refractivity contribution in [2.24, 2.45) is 0 Å². The molecule has 4 rings (SSSR count). The van der Waals surface area contributed by atoms with Crippen LogP contribution in [-0.4, -0.2) is 34.7 Å². The van der Waals surface area contributed by atoms with E-state index in [4.69, 9.17) is 4.74 Å². The monoisotopic (exact) mass is 406 g/mol. The molecule has 0 N–H and O–H groups in total. The van der Waals surface area contributed by atoms with Gasteiger partial charge in [0.25, 0.3) is 11.8 Å². The molecule has 2 aromatic carbocycles. The first-order chi connectivity index (χ1) is 14.0. The van der Waals surface area contributed by atoms with Crippen LogP contribution in [0.4, 0.5) is 0 Å². The fourth-order valence-electron chi connectivity index (χ4n) is 3.10. The standard InChI is InChI=1S/C22H18N2O4S/c1-3-13-4-6-14(7-5-13)19-23-16(12-29-19)11-28-22(27)15-8-9-17-18(10-15)21(26)24(2)20(17)25/h4-10,12H,3,11H2,1-2H3. The van der Waals surface area contributed by atoms with Gasteiger partial charge in [0.2, 0.25) is 0 Å². The van der Waals surface area contributed by atoms with Crippen LogP contribution in [0.1, 0.15) is 49.3 Å². The number of carbonyl (C=O) groups is 3. The number of aryl methyl sites for hydroxylation is 1. The van der Waals surface area contributed by atoms with Gasteiger partial charge >= 0.3 is 5.97 Å². The average molecular weight is 406 g/mol. The Morgan fingerprint density at radius 2 is 1.79 bits per heavy atom. The quantitative estimate of drug-likeness (QED) is 0.474. The smallest absolute Gasteiger partial charge is 0.338 e. The molecular weight excluding hydrogens is 388 g/mol. The number of nitrogens with zero attached hydrogens (tertiary/aromatic N) is 2. The van der Waals surface area contributed by atoms with Crippen LogP contribution >= 0.6 is 11.3 Å². The molecule has 1 aromatic heterocycles. The maximum atomic E-state index is 12.4. The van der Waals surface area contributed by atoms with Crippen LogP contribution in [0.15, 0.2) is 47.8 Å². The number of benzene rings is 2. The van der Waals surface area contributed by atoms with Gasteiger partial charge in [-0.1, -0.05) is 31.2 Å². The largest absolute Gasteiger partial charge is 0.456 e. The number of rotatable bonds is 5. The number of esters is 1. The third-order valence-corrected chi connectivity index (χ3v) is 5.78. The van der Waals surface area contributed by atoms with Gasteiger partial charge in [-0.05, 0) is 30.2 Å².